The lowest BCUT2D eigenvalue weighted by Gasteiger charge is -2.50. The van der Waals surface area contributed by atoms with E-state index in [0.717, 1.165) is 41.0 Å². The first-order valence-corrected chi connectivity index (χ1v) is 17.3. The highest BCUT2D eigenvalue weighted by atomic mass is 32.3. The number of nitrogens with zero attached hydrogens (tertiary/aromatic N) is 5. The maximum Gasteiger partial charge on any atom is 0.418 e. The number of fused-ring (bicyclic) bond motifs is 1. The summed E-state index contributed by atoms with van der Waals surface area (Å²) in [6, 6.07) is 4.31. The molecule has 2 aliphatic rings. The van der Waals surface area contributed by atoms with Crippen LogP contribution < -0.4 is 26.2 Å². The molecule has 7 N–H and O–H groups in total. The number of carboxylic acids is 1. The molecular weight excluding hydrogens is 684 g/mol. The van der Waals surface area contributed by atoms with Gasteiger partial charge in [0.2, 0.25) is 6.20 Å². The molecule has 3 aromatic rings. The van der Waals surface area contributed by atoms with Gasteiger partial charge in [0, 0.05) is 5.38 Å². The van der Waals surface area contributed by atoms with Crippen molar-refractivity contribution in [2.24, 2.45) is 17.9 Å². The van der Waals surface area contributed by atoms with E-state index in [1.807, 2.05) is 36.3 Å². The van der Waals surface area contributed by atoms with Crippen LogP contribution in [0.3, 0.4) is 0 Å². The van der Waals surface area contributed by atoms with Crippen molar-refractivity contribution in [2.45, 2.75) is 69.9 Å². The summed E-state index contributed by atoms with van der Waals surface area (Å²) in [7, 11) is -3.08. The highest BCUT2D eigenvalue weighted by molar-refractivity contribution is 7.80. The summed E-state index contributed by atoms with van der Waals surface area (Å²) < 4.78 is 45.9. The van der Waals surface area contributed by atoms with Crippen molar-refractivity contribution in [1.29, 1.82) is 0 Å². The molecule has 2 aromatic heterocycles. The number of ether oxygens (including phenoxy) is 1. The number of benzene rings is 1. The number of aryl methyl sites for hydroxylation is 3. The molecule has 264 valence electrons. The van der Waals surface area contributed by atoms with E-state index in [-0.39, 0.29) is 17.2 Å². The lowest BCUT2D eigenvalue weighted by molar-refractivity contribution is -0.753. The molecule has 0 aliphatic carbocycles. The highest BCUT2D eigenvalue weighted by Crippen LogP contribution is 2.37. The number of hydrogen-bond acceptors (Lipinski definition) is 13. The summed E-state index contributed by atoms with van der Waals surface area (Å²) in [6.45, 7) is 5.38. The number of nitrogen functional groups attached to an aromatic ring is 1. The first kappa shape index (κ1) is 35.7. The number of amides is 2. The predicted molar refractivity (Wildman–Crippen MR) is 173 cm³/mol. The number of hydroxylamine groups is 2. The lowest BCUT2D eigenvalue weighted by Crippen LogP contribution is -2.76. The summed E-state index contributed by atoms with van der Waals surface area (Å²) in [5.41, 5.74) is 10.2. The lowest BCUT2D eigenvalue weighted by atomic mass is 9.84. The molecule has 4 heterocycles. The SMILES string of the molecule is C[n+]1cc(-c2ccc3c(c2)CC[C@H](C(C)(O/N=C(\C(=O)N[C@@H]2C(=O)N(OS(=O)(=O)O)C2(C)C)c2csc(N)n2)C(=O)O)O3)cn1CCCN. The molecule has 1 aromatic carbocycles. The molecule has 3 atom stereocenters. The van der Waals surface area contributed by atoms with E-state index in [0.29, 0.717) is 23.8 Å². The van der Waals surface area contributed by atoms with Crippen molar-refractivity contribution in [3.8, 4) is 16.9 Å². The van der Waals surface area contributed by atoms with E-state index in [4.69, 9.17) is 25.6 Å². The van der Waals surface area contributed by atoms with Gasteiger partial charge in [0.25, 0.3) is 17.4 Å². The van der Waals surface area contributed by atoms with Crippen LogP contribution in [0.15, 0.2) is 41.1 Å². The monoisotopic (exact) mass is 721 g/mol. The number of carbonyl (C=O) groups is 3. The Morgan fingerprint density at radius 1 is 1.33 bits per heavy atom. The normalized spacial score (nSPS) is 20.1. The van der Waals surface area contributed by atoms with Crippen LogP contribution in [0.4, 0.5) is 5.13 Å². The van der Waals surface area contributed by atoms with Crippen LogP contribution >= 0.6 is 11.3 Å². The van der Waals surface area contributed by atoms with E-state index in [2.05, 4.69) is 24.4 Å². The topological polar surface area (TPSA) is 255 Å². The molecular formula is C29H37N8O10S2+. The standard InChI is InChI=1S/C29H36N8O10S2/c1-28(2)23(25(39)37(28)47-49(42,43)44)33-24(38)22(19-15-48-27(31)32-19)34-46-29(3,26(40)41)21-9-7-17-12-16(6-8-20(17)45-21)18-13-35(4)36(14-18)11-5-10-30/h6,8,12-15,21,23H,5,7,9-11,30H2,1-4H3,(H4-,31,32,33,38,40,41,42,43,44)/p+1/b34-22-/t21-,23-,29?/m1/s1. The van der Waals surface area contributed by atoms with Gasteiger partial charge in [0.15, 0.2) is 24.0 Å². The maximum absolute atomic E-state index is 13.5. The van der Waals surface area contributed by atoms with Crippen LogP contribution in [-0.4, -0.2) is 86.1 Å². The molecule has 1 fully saturated rings. The van der Waals surface area contributed by atoms with Gasteiger partial charge in [-0.2, -0.15) is 18.2 Å². The Labute approximate surface area is 285 Å². The number of β-lactam (4-membered cyclic amide) rings is 1. The van der Waals surface area contributed by atoms with Crippen molar-refractivity contribution in [2.75, 3.05) is 12.3 Å². The van der Waals surface area contributed by atoms with Gasteiger partial charge in [0.1, 0.15) is 17.5 Å². The number of rotatable bonds is 13. The smallest absolute Gasteiger partial charge is 0.418 e. The summed E-state index contributed by atoms with van der Waals surface area (Å²) in [5.74, 6) is -2.94. The molecule has 0 saturated carbocycles. The van der Waals surface area contributed by atoms with Crippen LogP contribution in [0.2, 0.25) is 0 Å². The first-order chi connectivity index (χ1) is 22.9. The van der Waals surface area contributed by atoms with Crippen molar-refractivity contribution in [1.82, 2.24) is 20.0 Å². The number of thiazole rings is 1. The minimum atomic E-state index is -5.02. The number of carboxylic acid groups (broad SMARTS) is 1. The number of nitrogens with one attached hydrogen (secondary N) is 1. The zero-order valence-corrected chi connectivity index (χ0v) is 28.7. The Morgan fingerprint density at radius 2 is 2.06 bits per heavy atom. The molecule has 18 nitrogen and oxygen atoms in total. The molecule has 1 unspecified atom stereocenters. The predicted octanol–water partition coefficient (Wildman–Crippen LogP) is 0.165. The van der Waals surface area contributed by atoms with Crippen LogP contribution in [0.5, 0.6) is 5.75 Å². The van der Waals surface area contributed by atoms with Gasteiger partial charge < -0.3 is 31.5 Å². The van der Waals surface area contributed by atoms with Crippen molar-refractivity contribution in [3.05, 3.63) is 47.2 Å². The molecule has 20 heteroatoms. The van der Waals surface area contributed by atoms with Crippen LogP contribution in [0, 0.1) is 0 Å². The minimum absolute atomic E-state index is 0.0664. The van der Waals surface area contributed by atoms with Crippen LogP contribution in [0.1, 0.15) is 44.9 Å². The Morgan fingerprint density at radius 3 is 2.67 bits per heavy atom. The molecule has 2 amide bonds. The fourth-order valence-corrected chi connectivity index (χ4v) is 6.54. The highest BCUT2D eigenvalue weighted by Gasteiger charge is 2.58. The fourth-order valence-electron chi connectivity index (χ4n) is 5.54. The second-order valence-electron chi connectivity index (χ2n) is 12.3. The maximum atomic E-state index is 13.5. The third-order valence-corrected chi connectivity index (χ3v) is 9.43. The molecule has 0 spiro atoms. The number of anilines is 1. The summed E-state index contributed by atoms with van der Waals surface area (Å²) in [6.07, 6.45) is 4.54. The number of aromatic nitrogens is 3. The molecule has 49 heavy (non-hydrogen) atoms. The van der Waals surface area contributed by atoms with Crippen molar-refractivity contribution in [3.63, 3.8) is 0 Å². The second kappa shape index (κ2) is 13.3. The Kier molecular flexibility index (Phi) is 9.72. The van der Waals surface area contributed by atoms with E-state index >= 15 is 0 Å². The molecule has 0 radical (unpaired) electrons. The average Bonchev–Trinajstić information content (AvgIpc) is 3.64. The largest absolute Gasteiger partial charge is 0.485 e. The van der Waals surface area contributed by atoms with Crippen molar-refractivity contribution >= 4 is 50.4 Å². The van der Waals surface area contributed by atoms with Gasteiger partial charge in [-0.15, -0.1) is 20.3 Å². The van der Waals surface area contributed by atoms with E-state index in [1.165, 1.54) is 26.2 Å². The molecule has 0 bridgehead atoms. The Balaban J connectivity index is 1.36. The van der Waals surface area contributed by atoms with Gasteiger partial charge in [-0.25, -0.2) is 9.78 Å². The number of aliphatic carboxylic acids is 1. The zero-order valence-electron chi connectivity index (χ0n) is 27.0. The minimum Gasteiger partial charge on any atom is -0.485 e. The van der Waals surface area contributed by atoms with E-state index in [1.54, 1.807) is 6.07 Å². The average molecular weight is 722 g/mol. The van der Waals surface area contributed by atoms with Crippen molar-refractivity contribution < 1.29 is 51.0 Å². The van der Waals surface area contributed by atoms with E-state index < -0.39 is 57.2 Å². The number of oxime groups is 1. The van der Waals surface area contributed by atoms with Crippen LogP contribution in [0.25, 0.3) is 11.1 Å². The van der Waals surface area contributed by atoms with Gasteiger partial charge in [-0.1, -0.05) is 11.2 Å². The number of hydrogen-bond donors (Lipinski definition) is 5. The summed E-state index contributed by atoms with van der Waals surface area (Å²) >= 11 is 0.973. The number of nitrogens with two attached hydrogens (primary N) is 2. The molecule has 1 saturated heterocycles. The van der Waals surface area contributed by atoms with Gasteiger partial charge in [-0.3, -0.25) is 14.1 Å². The quantitative estimate of drug-likeness (QED) is 0.0519. The summed E-state index contributed by atoms with van der Waals surface area (Å²) in [5, 5.41) is 18.5. The third-order valence-electron chi connectivity index (χ3n) is 8.42. The second-order valence-corrected chi connectivity index (χ2v) is 14.2. The summed E-state index contributed by atoms with van der Waals surface area (Å²) in [4.78, 5) is 48.4. The zero-order chi connectivity index (χ0) is 35.9. The van der Waals surface area contributed by atoms with Gasteiger partial charge in [0.05, 0.1) is 23.8 Å². The number of carbonyl (C=O) groups excluding carboxylic acids is 2. The van der Waals surface area contributed by atoms with Gasteiger partial charge in [-0.05, 0) is 69.8 Å². The molecule has 5 rings (SSSR count). The fraction of sp³-hybridized carbons (Fsp3) is 0.448. The molecule has 2 aliphatic heterocycles. The Bertz CT molecular complexity index is 1920. The van der Waals surface area contributed by atoms with E-state index in [9.17, 15) is 27.9 Å². The Hall–Kier alpha value is -4.63. The first-order valence-electron chi connectivity index (χ1n) is 15.0. The van der Waals surface area contributed by atoms with Gasteiger partial charge >= 0.3 is 16.4 Å². The third kappa shape index (κ3) is 7.22. The van der Waals surface area contributed by atoms with Crippen LogP contribution in [-0.2, 0) is 53.9 Å².